The highest BCUT2D eigenvalue weighted by molar-refractivity contribution is 6.12. The van der Waals surface area contributed by atoms with Gasteiger partial charge in [0.15, 0.2) is 0 Å². The number of para-hydroxylation sites is 1. The van der Waals surface area contributed by atoms with Gasteiger partial charge in [0.25, 0.3) is 11.8 Å². The van der Waals surface area contributed by atoms with Crippen molar-refractivity contribution in [3.8, 4) is 22.6 Å². The van der Waals surface area contributed by atoms with Crippen LogP contribution in [-0.4, -0.2) is 96.6 Å². The summed E-state index contributed by atoms with van der Waals surface area (Å²) < 4.78 is 5.91. The molecule has 0 radical (unpaired) electrons. The third-order valence-electron chi connectivity index (χ3n) is 12.3. The molecule has 74 heavy (non-hydrogen) atoms. The van der Waals surface area contributed by atoms with Crippen LogP contribution < -0.4 is 27.0 Å². The molecular formula is C55H61N11O8. The SMILES string of the molecule is Cc1cccc(-c2nc(CN(Cc3ccccc3)C(=O)OCc3ccc(NC(=O)[C@H](CCCNC(N)=O)NC(=O)C(NC(=O)CCCCCN4C(=O)C=CC4=O)C(C)C)cc3)[nH]c2-c2ccnc3ccccc23)n1. The van der Waals surface area contributed by atoms with E-state index in [1.165, 1.54) is 12.2 Å². The molecule has 0 aliphatic carbocycles. The molecule has 0 saturated heterocycles. The number of aromatic amines is 1. The van der Waals surface area contributed by atoms with Crippen LogP contribution in [0, 0.1) is 12.8 Å². The van der Waals surface area contributed by atoms with Gasteiger partial charge >= 0.3 is 12.1 Å². The number of hydrogen-bond donors (Lipinski definition) is 6. The number of imidazole rings is 1. The highest BCUT2D eigenvalue weighted by atomic mass is 16.6. The van der Waals surface area contributed by atoms with E-state index in [0.29, 0.717) is 54.1 Å². The first-order valence-electron chi connectivity index (χ1n) is 24.6. The second kappa shape index (κ2) is 25.6. The number of carbonyl (C=O) groups excluding carboxylic acids is 7. The van der Waals surface area contributed by atoms with E-state index in [0.717, 1.165) is 38.3 Å². The molecule has 1 unspecified atom stereocenters. The van der Waals surface area contributed by atoms with Crippen LogP contribution in [0.15, 0.2) is 121 Å². The molecule has 4 heterocycles. The molecule has 6 aromatic rings. The summed E-state index contributed by atoms with van der Waals surface area (Å²) in [6, 6.07) is 29.1. The average molecular weight is 1000 g/mol. The fourth-order valence-corrected chi connectivity index (χ4v) is 8.40. The minimum Gasteiger partial charge on any atom is -0.445 e. The van der Waals surface area contributed by atoms with Gasteiger partial charge in [-0.25, -0.2) is 14.6 Å². The minimum atomic E-state index is -1.06. The van der Waals surface area contributed by atoms with Gasteiger partial charge in [0, 0.05) is 66.7 Å². The molecule has 0 fully saturated rings. The van der Waals surface area contributed by atoms with Crippen molar-refractivity contribution in [2.75, 3.05) is 18.4 Å². The van der Waals surface area contributed by atoms with Gasteiger partial charge in [-0.1, -0.05) is 87.0 Å². The number of primary amides is 1. The van der Waals surface area contributed by atoms with Crippen molar-refractivity contribution in [1.29, 1.82) is 0 Å². The lowest BCUT2D eigenvalue weighted by atomic mass is 10.0. The smallest absolute Gasteiger partial charge is 0.410 e. The third kappa shape index (κ3) is 14.7. The van der Waals surface area contributed by atoms with Gasteiger partial charge in [0.1, 0.15) is 30.2 Å². The number of carbonyl (C=O) groups is 7. The molecule has 0 bridgehead atoms. The number of aromatic nitrogens is 4. The molecule has 2 atom stereocenters. The molecule has 3 aromatic heterocycles. The Balaban J connectivity index is 0.987. The average Bonchev–Trinajstić information content (AvgIpc) is 3.96. The first kappa shape index (κ1) is 53.1. The van der Waals surface area contributed by atoms with Gasteiger partial charge in [-0.15, -0.1) is 0 Å². The summed E-state index contributed by atoms with van der Waals surface area (Å²) in [5.74, 6) is -1.99. The van der Waals surface area contributed by atoms with Crippen molar-refractivity contribution in [3.05, 3.63) is 144 Å². The molecule has 19 nitrogen and oxygen atoms in total. The number of aryl methyl sites for hydroxylation is 1. The maximum Gasteiger partial charge on any atom is 0.410 e. The molecule has 8 amide bonds. The molecule has 7 rings (SSSR count). The van der Waals surface area contributed by atoms with E-state index < -0.39 is 36.0 Å². The molecule has 384 valence electrons. The largest absolute Gasteiger partial charge is 0.445 e. The van der Waals surface area contributed by atoms with Gasteiger partial charge in [0.2, 0.25) is 17.7 Å². The van der Waals surface area contributed by atoms with Crippen molar-refractivity contribution in [1.82, 2.24) is 45.7 Å². The fourth-order valence-electron chi connectivity index (χ4n) is 8.40. The van der Waals surface area contributed by atoms with Crippen LogP contribution in [-0.2, 0) is 48.4 Å². The number of nitrogens with zero attached hydrogens (tertiary/aromatic N) is 5. The number of ether oxygens (including phenoxy) is 1. The number of benzene rings is 3. The lowest BCUT2D eigenvalue weighted by Crippen LogP contribution is -2.54. The van der Waals surface area contributed by atoms with E-state index in [9.17, 15) is 33.6 Å². The van der Waals surface area contributed by atoms with Crippen LogP contribution in [0.5, 0.6) is 0 Å². The van der Waals surface area contributed by atoms with Gasteiger partial charge < -0.3 is 36.7 Å². The van der Waals surface area contributed by atoms with Crippen molar-refractivity contribution in [2.45, 2.75) is 91.1 Å². The summed E-state index contributed by atoms with van der Waals surface area (Å²) in [6.45, 7) is 6.09. The van der Waals surface area contributed by atoms with Crippen molar-refractivity contribution < 1.29 is 38.3 Å². The predicted molar refractivity (Wildman–Crippen MR) is 278 cm³/mol. The van der Waals surface area contributed by atoms with Gasteiger partial charge in [0.05, 0.1) is 23.4 Å². The van der Waals surface area contributed by atoms with Crippen molar-refractivity contribution >= 4 is 58.3 Å². The van der Waals surface area contributed by atoms with E-state index in [4.69, 9.17) is 20.4 Å². The molecule has 1 aliphatic heterocycles. The Hall–Kier alpha value is -8.74. The number of imide groups is 1. The minimum absolute atomic E-state index is 0.0776. The Bertz CT molecular complexity index is 2970. The number of fused-ring (bicyclic) bond motifs is 1. The molecule has 3 aromatic carbocycles. The number of amides is 8. The third-order valence-corrected chi connectivity index (χ3v) is 12.3. The zero-order chi connectivity index (χ0) is 52.6. The first-order valence-corrected chi connectivity index (χ1v) is 24.6. The van der Waals surface area contributed by atoms with Crippen LogP contribution in [0.2, 0.25) is 0 Å². The summed E-state index contributed by atoms with van der Waals surface area (Å²) in [5, 5.41) is 11.8. The zero-order valence-electron chi connectivity index (χ0n) is 41.6. The molecule has 19 heteroatoms. The summed E-state index contributed by atoms with van der Waals surface area (Å²) in [5.41, 5.74) is 11.7. The topological polar surface area (TPSA) is 264 Å². The first-order chi connectivity index (χ1) is 35.7. The monoisotopic (exact) mass is 1000 g/mol. The Morgan fingerprint density at radius 1 is 0.770 bits per heavy atom. The van der Waals surface area contributed by atoms with Gasteiger partial charge in [-0.3, -0.25) is 43.7 Å². The van der Waals surface area contributed by atoms with Gasteiger partial charge in [-0.05, 0) is 86.1 Å². The number of H-pyrrole nitrogens is 1. The van der Waals surface area contributed by atoms with Crippen molar-refractivity contribution in [2.24, 2.45) is 11.7 Å². The Morgan fingerprint density at radius 2 is 1.51 bits per heavy atom. The second-order valence-corrected chi connectivity index (χ2v) is 18.3. The fraction of sp³-hybridized carbons (Fsp3) is 0.309. The summed E-state index contributed by atoms with van der Waals surface area (Å²) in [7, 11) is 0. The van der Waals surface area contributed by atoms with Crippen LogP contribution in [0.25, 0.3) is 33.5 Å². The maximum atomic E-state index is 14.1. The summed E-state index contributed by atoms with van der Waals surface area (Å²) >= 11 is 0. The van der Waals surface area contributed by atoms with E-state index in [1.807, 2.05) is 85.8 Å². The molecule has 1 aliphatic rings. The van der Waals surface area contributed by atoms with E-state index in [1.54, 1.807) is 49.2 Å². The van der Waals surface area contributed by atoms with E-state index in [-0.39, 0.29) is 69.3 Å². The van der Waals surface area contributed by atoms with Crippen LogP contribution in [0.4, 0.5) is 15.3 Å². The number of pyridine rings is 2. The maximum absolute atomic E-state index is 14.1. The number of urea groups is 1. The predicted octanol–water partition coefficient (Wildman–Crippen LogP) is 6.83. The zero-order valence-corrected chi connectivity index (χ0v) is 41.6. The Labute approximate surface area is 428 Å². The number of hydrogen-bond acceptors (Lipinski definition) is 11. The number of nitrogens with one attached hydrogen (secondary N) is 5. The lowest BCUT2D eigenvalue weighted by molar-refractivity contribution is -0.137. The standard InChI is InChI=1S/C55H61N11O8/c1-35(2)49(64-46(67)21-8-5-11-31-66-47(68)26-27-48(66)69)53(71)61-44(20-13-29-58-54(56)72)52(70)60-39-24-22-38(23-25-39)34-74-55(73)65(32-37-15-6-4-7-16-37)33-45-62-50(51(63-45)43-19-12-14-36(3)59-43)41-28-30-57-42-18-10-9-17-40(41)42/h4,6-7,9-10,12,14-19,22-28,30,35,44,49H,5,8,11,13,20-21,29,31-34H2,1-3H3,(H,60,70)(H,61,71)(H,62,63)(H,64,67)(H3,56,58,72)/t44-,49?/m0/s1. The number of rotatable bonds is 24. The van der Waals surface area contributed by atoms with Crippen LogP contribution in [0.3, 0.4) is 0 Å². The highest BCUT2D eigenvalue weighted by Gasteiger charge is 2.30. The highest BCUT2D eigenvalue weighted by Crippen LogP contribution is 2.34. The van der Waals surface area contributed by atoms with Crippen molar-refractivity contribution in [3.63, 3.8) is 0 Å². The second-order valence-electron chi connectivity index (χ2n) is 18.3. The van der Waals surface area contributed by atoms with Gasteiger partial charge in [-0.2, -0.15) is 0 Å². The van der Waals surface area contributed by atoms with E-state index >= 15 is 0 Å². The Morgan fingerprint density at radius 3 is 2.24 bits per heavy atom. The number of nitrogens with two attached hydrogens (primary N) is 1. The molecular weight excluding hydrogens is 943 g/mol. The van der Waals surface area contributed by atoms with Crippen LogP contribution in [0.1, 0.15) is 75.0 Å². The summed E-state index contributed by atoms with van der Waals surface area (Å²) in [4.78, 5) is 110. The Kier molecular flexibility index (Phi) is 18.3. The number of anilines is 1. The lowest BCUT2D eigenvalue weighted by Gasteiger charge is -2.25. The number of unbranched alkanes of at least 4 members (excludes halogenated alkanes) is 2. The molecule has 0 spiro atoms. The quantitative estimate of drug-likeness (QED) is 0.0270. The molecule has 7 N–H and O–H groups in total. The van der Waals surface area contributed by atoms with E-state index in [2.05, 4.69) is 31.2 Å². The molecule has 0 saturated carbocycles. The van der Waals surface area contributed by atoms with Crippen LogP contribution >= 0.6 is 0 Å². The summed E-state index contributed by atoms with van der Waals surface area (Å²) in [6.07, 6.45) is 5.75. The normalized spacial score (nSPS) is 12.9.